The zero-order valence-electron chi connectivity index (χ0n) is 14.6. The van der Waals surface area contributed by atoms with Gasteiger partial charge in [-0.2, -0.15) is 0 Å². The molecule has 0 saturated carbocycles. The number of aryl methyl sites for hydroxylation is 1. The fourth-order valence-electron chi connectivity index (χ4n) is 3.21. The fourth-order valence-corrected chi connectivity index (χ4v) is 3.61. The lowest BCUT2D eigenvalue weighted by Crippen LogP contribution is -1.96. The monoisotopic (exact) mass is 383 g/mol. The van der Waals surface area contributed by atoms with E-state index < -0.39 is 0 Å². The van der Waals surface area contributed by atoms with Crippen LogP contribution in [-0.2, 0) is 0 Å². The van der Waals surface area contributed by atoms with Gasteiger partial charge in [0.25, 0.3) is 0 Å². The lowest BCUT2D eigenvalue weighted by molar-refractivity contribution is 1.22. The Kier molecular flexibility index (Phi) is 4.43. The van der Waals surface area contributed by atoms with E-state index in [0.29, 0.717) is 0 Å². The standard InChI is InChI=1S/C21H19Cl2N3/c1-3-24-20-9-13(22)8-17-16-10-14(6-7-19(16)26-21(17)20)25-15-5-4-12(2)18(23)11-15/h4-11,24-26H,3H2,1-2H3. The highest BCUT2D eigenvalue weighted by Gasteiger charge is 2.10. The number of aromatic amines is 1. The van der Waals surface area contributed by atoms with Gasteiger partial charge in [-0.05, 0) is 61.9 Å². The molecule has 0 unspecified atom stereocenters. The van der Waals surface area contributed by atoms with Crippen LogP contribution >= 0.6 is 23.2 Å². The van der Waals surface area contributed by atoms with Crippen LogP contribution in [-0.4, -0.2) is 11.5 Å². The predicted octanol–water partition coefficient (Wildman–Crippen LogP) is 7.11. The third-order valence-electron chi connectivity index (χ3n) is 4.50. The number of aromatic nitrogens is 1. The highest BCUT2D eigenvalue weighted by Crippen LogP contribution is 2.35. The van der Waals surface area contributed by atoms with E-state index in [9.17, 15) is 0 Å². The average Bonchev–Trinajstić information content (AvgIpc) is 2.97. The van der Waals surface area contributed by atoms with E-state index in [2.05, 4.69) is 40.7 Å². The molecular formula is C21H19Cl2N3. The molecule has 0 saturated heterocycles. The number of nitrogens with one attached hydrogen (secondary N) is 3. The van der Waals surface area contributed by atoms with Crippen molar-refractivity contribution in [3.63, 3.8) is 0 Å². The zero-order chi connectivity index (χ0) is 18.3. The molecule has 0 radical (unpaired) electrons. The van der Waals surface area contributed by atoms with Gasteiger partial charge in [0.1, 0.15) is 0 Å². The van der Waals surface area contributed by atoms with Crippen LogP contribution in [0, 0.1) is 6.92 Å². The van der Waals surface area contributed by atoms with Crippen LogP contribution < -0.4 is 10.6 Å². The van der Waals surface area contributed by atoms with Gasteiger partial charge < -0.3 is 15.6 Å². The molecule has 0 aliphatic carbocycles. The van der Waals surface area contributed by atoms with Crippen LogP contribution in [0.3, 0.4) is 0 Å². The van der Waals surface area contributed by atoms with Gasteiger partial charge in [0.05, 0.1) is 11.2 Å². The molecule has 132 valence electrons. The number of fused-ring (bicyclic) bond motifs is 3. The van der Waals surface area contributed by atoms with Gasteiger partial charge >= 0.3 is 0 Å². The second-order valence-electron chi connectivity index (χ2n) is 6.38. The van der Waals surface area contributed by atoms with Crippen LogP contribution in [0.5, 0.6) is 0 Å². The molecule has 5 heteroatoms. The normalized spacial score (nSPS) is 11.2. The van der Waals surface area contributed by atoms with Crippen molar-refractivity contribution < 1.29 is 0 Å². The van der Waals surface area contributed by atoms with E-state index >= 15 is 0 Å². The Bertz CT molecular complexity index is 1120. The predicted molar refractivity (Wildman–Crippen MR) is 114 cm³/mol. The molecule has 1 heterocycles. The molecule has 0 aliphatic heterocycles. The molecule has 3 nitrogen and oxygen atoms in total. The summed E-state index contributed by atoms with van der Waals surface area (Å²) < 4.78 is 0. The van der Waals surface area contributed by atoms with Gasteiger partial charge in [0, 0.05) is 44.3 Å². The smallest absolute Gasteiger partial charge is 0.0701 e. The van der Waals surface area contributed by atoms with E-state index in [1.54, 1.807) is 0 Å². The highest BCUT2D eigenvalue weighted by atomic mass is 35.5. The van der Waals surface area contributed by atoms with E-state index in [-0.39, 0.29) is 0 Å². The first-order valence-electron chi connectivity index (χ1n) is 8.57. The number of halogens is 2. The van der Waals surface area contributed by atoms with Gasteiger partial charge in [0.15, 0.2) is 0 Å². The summed E-state index contributed by atoms with van der Waals surface area (Å²) >= 11 is 12.6. The largest absolute Gasteiger partial charge is 0.384 e. The molecule has 1 aromatic heterocycles. The fraction of sp³-hybridized carbons (Fsp3) is 0.143. The Morgan fingerprint density at radius 2 is 1.69 bits per heavy atom. The van der Waals surface area contributed by atoms with E-state index in [1.165, 1.54) is 0 Å². The van der Waals surface area contributed by atoms with Crippen molar-refractivity contribution in [2.75, 3.05) is 17.2 Å². The molecule has 4 aromatic rings. The molecule has 0 atom stereocenters. The summed E-state index contributed by atoms with van der Waals surface area (Å²) in [5.74, 6) is 0. The Morgan fingerprint density at radius 1 is 0.923 bits per heavy atom. The van der Waals surface area contributed by atoms with E-state index in [4.69, 9.17) is 23.2 Å². The average molecular weight is 384 g/mol. The minimum absolute atomic E-state index is 0.720. The molecule has 0 bridgehead atoms. The maximum absolute atomic E-state index is 6.33. The molecule has 3 aromatic carbocycles. The second-order valence-corrected chi connectivity index (χ2v) is 7.22. The third-order valence-corrected chi connectivity index (χ3v) is 5.13. The van der Waals surface area contributed by atoms with Crippen molar-refractivity contribution >= 4 is 62.1 Å². The number of hydrogen-bond acceptors (Lipinski definition) is 2. The van der Waals surface area contributed by atoms with Crippen molar-refractivity contribution in [2.45, 2.75) is 13.8 Å². The van der Waals surface area contributed by atoms with Crippen LogP contribution in [0.15, 0.2) is 48.5 Å². The second kappa shape index (κ2) is 6.75. The first-order chi connectivity index (χ1) is 12.5. The van der Waals surface area contributed by atoms with Crippen molar-refractivity contribution in [2.24, 2.45) is 0 Å². The van der Waals surface area contributed by atoms with Crippen LogP contribution in [0.2, 0.25) is 10.0 Å². The van der Waals surface area contributed by atoms with Gasteiger partial charge in [-0.15, -0.1) is 0 Å². The Labute approximate surface area is 162 Å². The van der Waals surface area contributed by atoms with E-state index in [0.717, 1.165) is 61.0 Å². The van der Waals surface area contributed by atoms with Crippen LogP contribution in [0.25, 0.3) is 21.8 Å². The maximum Gasteiger partial charge on any atom is 0.0701 e. The van der Waals surface area contributed by atoms with Gasteiger partial charge in [0.2, 0.25) is 0 Å². The molecule has 0 spiro atoms. The summed E-state index contributed by atoms with van der Waals surface area (Å²) in [5, 5.41) is 10.5. The molecular weight excluding hydrogens is 365 g/mol. The third kappa shape index (κ3) is 3.09. The zero-order valence-corrected chi connectivity index (χ0v) is 16.1. The van der Waals surface area contributed by atoms with Crippen molar-refractivity contribution in [1.82, 2.24) is 4.98 Å². The number of rotatable bonds is 4. The summed E-state index contributed by atoms with van der Waals surface area (Å²) in [6, 6.07) is 16.2. The lowest BCUT2D eigenvalue weighted by atomic mass is 10.1. The summed E-state index contributed by atoms with van der Waals surface area (Å²) in [7, 11) is 0. The molecule has 26 heavy (non-hydrogen) atoms. The number of hydrogen-bond donors (Lipinski definition) is 3. The van der Waals surface area contributed by atoms with Gasteiger partial charge in [-0.1, -0.05) is 29.3 Å². The number of benzene rings is 3. The van der Waals surface area contributed by atoms with Crippen LogP contribution in [0.4, 0.5) is 17.1 Å². The first-order valence-corrected chi connectivity index (χ1v) is 9.33. The van der Waals surface area contributed by atoms with Crippen LogP contribution in [0.1, 0.15) is 12.5 Å². The molecule has 0 amide bonds. The molecule has 0 aliphatic rings. The Morgan fingerprint density at radius 3 is 2.46 bits per heavy atom. The SMILES string of the molecule is CCNc1cc(Cl)cc2c1[nH]c1ccc(Nc3ccc(C)c(Cl)c3)cc12. The van der Waals surface area contributed by atoms with Crippen molar-refractivity contribution in [1.29, 1.82) is 0 Å². The lowest BCUT2D eigenvalue weighted by Gasteiger charge is -2.08. The summed E-state index contributed by atoms with van der Waals surface area (Å²) in [6.45, 7) is 4.91. The van der Waals surface area contributed by atoms with Crippen molar-refractivity contribution in [3.8, 4) is 0 Å². The molecule has 3 N–H and O–H groups in total. The quantitative estimate of drug-likeness (QED) is 0.351. The minimum atomic E-state index is 0.720. The summed E-state index contributed by atoms with van der Waals surface area (Å²) in [5.41, 5.74) is 6.20. The highest BCUT2D eigenvalue weighted by molar-refractivity contribution is 6.32. The Hall–Kier alpha value is -2.36. The van der Waals surface area contributed by atoms with Crippen molar-refractivity contribution in [3.05, 3.63) is 64.1 Å². The maximum atomic E-state index is 6.33. The first kappa shape index (κ1) is 17.1. The van der Waals surface area contributed by atoms with Gasteiger partial charge in [-0.25, -0.2) is 0 Å². The summed E-state index contributed by atoms with van der Waals surface area (Å²) in [4.78, 5) is 3.50. The molecule has 4 rings (SSSR count). The number of H-pyrrole nitrogens is 1. The molecule has 0 fully saturated rings. The Balaban J connectivity index is 1.80. The summed E-state index contributed by atoms with van der Waals surface area (Å²) in [6.07, 6.45) is 0. The number of anilines is 3. The van der Waals surface area contributed by atoms with E-state index in [1.807, 2.05) is 37.3 Å². The van der Waals surface area contributed by atoms with Gasteiger partial charge in [-0.3, -0.25) is 0 Å². The minimum Gasteiger partial charge on any atom is -0.384 e. The topological polar surface area (TPSA) is 39.9 Å².